The van der Waals surface area contributed by atoms with E-state index in [1.165, 1.54) is 6.42 Å². The van der Waals surface area contributed by atoms with Gasteiger partial charge in [0.15, 0.2) is 17.6 Å². The molecule has 1 aliphatic heterocycles. The summed E-state index contributed by atoms with van der Waals surface area (Å²) in [7, 11) is 0. The third-order valence-electron chi connectivity index (χ3n) is 6.99. The van der Waals surface area contributed by atoms with Crippen molar-refractivity contribution in [1.82, 2.24) is 0 Å². The van der Waals surface area contributed by atoms with Crippen LogP contribution in [-0.2, 0) is 14.3 Å². The third kappa shape index (κ3) is 3.56. The zero-order chi connectivity index (χ0) is 20.2. The summed E-state index contributed by atoms with van der Waals surface area (Å²) in [5.74, 6) is 1.50. The monoisotopic (exact) mass is 401 g/mol. The van der Waals surface area contributed by atoms with Crippen molar-refractivity contribution < 1.29 is 28.9 Å². The summed E-state index contributed by atoms with van der Waals surface area (Å²) in [6.07, 6.45) is 4.95. The first kappa shape index (κ1) is 18.7. The van der Waals surface area contributed by atoms with Gasteiger partial charge in [-0.1, -0.05) is 0 Å². The first-order valence-electron chi connectivity index (χ1n) is 10.4. The Morgan fingerprint density at radius 1 is 1.21 bits per heavy atom. The molecule has 0 spiro atoms. The first-order valence-corrected chi connectivity index (χ1v) is 10.4. The van der Waals surface area contributed by atoms with Crippen LogP contribution >= 0.6 is 0 Å². The van der Waals surface area contributed by atoms with E-state index in [0.29, 0.717) is 35.4 Å². The van der Waals surface area contributed by atoms with Gasteiger partial charge in [-0.3, -0.25) is 9.59 Å². The molecule has 0 aromatic heterocycles. The van der Waals surface area contributed by atoms with Crippen molar-refractivity contribution in [2.75, 3.05) is 12.1 Å². The van der Waals surface area contributed by atoms with Crippen LogP contribution in [0.15, 0.2) is 18.2 Å². The number of nitrogens with one attached hydrogen (secondary N) is 1. The van der Waals surface area contributed by atoms with E-state index in [2.05, 4.69) is 5.32 Å². The van der Waals surface area contributed by atoms with Crippen molar-refractivity contribution in [3.05, 3.63) is 18.2 Å². The van der Waals surface area contributed by atoms with Crippen LogP contribution in [0.2, 0.25) is 0 Å². The van der Waals surface area contributed by atoms with Gasteiger partial charge in [0.25, 0.3) is 5.91 Å². The molecule has 1 amide bonds. The number of hydrogen-bond donors (Lipinski definition) is 2. The van der Waals surface area contributed by atoms with E-state index in [1.54, 1.807) is 25.1 Å². The van der Waals surface area contributed by atoms with E-state index in [-0.39, 0.29) is 30.5 Å². The highest BCUT2D eigenvalue weighted by Crippen LogP contribution is 2.62. The molecule has 5 aliphatic rings. The Labute approximate surface area is 169 Å². The summed E-state index contributed by atoms with van der Waals surface area (Å²) < 4.78 is 16.0. The van der Waals surface area contributed by atoms with Gasteiger partial charge in [0.1, 0.15) is 0 Å². The normalized spacial score (nSPS) is 34.7. The van der Waals surface area contributed by atoms with E-state index in [4.69, 9.17) is 14.2 Å². The lowest BCUT2D eigenvalue weighted by Gasteiger charge is -2.60. The topological polar surface area (TPSA) is 94.1 Å². The van der Waals surface area contributed by atoms with Crippen molar-refractivity contribution >= 4 is 17.6 Å². The number of fused-ring (bicyclic) bond motifs is 1. The molecule has 7 nitrogen and oxygen atoms in total. The second kappa shape index (κ2) is 6.62. The second-order valence-electron chi connectivity index (χ2n) is 9.55. The van der Waals surface area contributed by atoms with Crippen molar-refractivity contribution in [2.24, 2.45) is 17.3 Å². The average molecular weight is 401 g/mol. The largest absolute Gasteiger partial charge is 0.454 e. The van der Waals surface area contributed by atoms with Crippen molar-refractivity contribution in [1.29, 1.82) is 0 Å². The van der Waals surface area contributed by atoms with Crippen LogP contribution in [0.4, 0.5) is 5.69 Å². The SMILES string of the molecule is C[C@@H](OC(=O)CC12C[C@H]3C[C@@H](CC(O)(C3)C1)C2)C(=O)Nc1ccc2c(c1)OCO2. The maximum Gasteiger partial charge on any atom is 0.307 e. The Morgan fingerprint density at radius 2 is 1.93 bits per heavy atom. The highest BCUT2D eigenvalue weighted by atomic mass is 16.7. The molecule has 4 fully saturated rings. The second-order valence-corrected chi connectivity index (χ2v) is 9.55. The minimum Gasteiger partial charge on any atom is -0.454 e. The van der Waals surface area contributed by atoms with Crippen molar-refractivity contribution in [2.45, 2.75) is 63.6 Å². The van der Waals surface area contributed by atoms with Gasteiger partial charge >= 0.3 is 5.97 Å². The molecular weight excluding hydrogens is 374 g/mol. The number of carbonyl (C=O) groups excluding carboxylic acids is 2. The van der Waals surface area contributed by atoms with Crippen LogP contribution in [0.25, 0.3) is 0 Å². The number of hydrogen-bond acceptors (Lipinski definition) is 6. The fourth-order valence-electron chi connectivity index (χ4n) is 6.43. The molecule has 4 saturated carbocycles. The zero-order valence-corrected chi connectivity index (χ0v) is 16.6. The minimum absolute atomic E-state index is 0.163. The van der Waals surface area contributed by atoms with E-state index in [0.717, 1.165) is 25.7 Å². The lowest BCUT2D eigenvalue weighted by atomic mass is 9.47. The van der Waals surface area contributed by atoms with Crippen LogP contribution in [0.5, 0.6) is 11.5 Å². The predicted octanol–water partition coefficient (Wildman–Crippen LogP) is 3.01. The maximum absolute atomic E-state index is 12.6. The quantitative estimate of drug-likeness (QED) is 0.737. The molecule has 29 heavy (non-hydrogen) atoms. The molecule has 0 unspecified atom stereocenters. The molecule has 1 aromatic carbocycles. The highest BCUT2D eigenvalue weighted by Gasteiger charge is 2.57. The minimum atomic E-state index is -0.898. The summed E-state index contributed by atoms with van der Waals surface area (Å²) in [5, 5.41) is 13.6. The van der Waals surface area contributed by atoms with Crippen LogP contribution in [0.3, 0.4) is 0 Å². The standard InChI is InChI=1S/C22H27NO6/c1-13(20(25)23-16-2-3-17-18(5-16)28-12-27-17)29-19(24)10-21-6-14-4-15(7-21)9-22(26,8-14)11-21/h2-3,5,13-15,26H,4,6-12H2,1H3,(H,23,25)/t13-,14-,15-,21?,22?/m1/s1. The van der Waals surface area contributed by atoms with Gasteiger partial charge in [-0.05, 0) is 74.8 Å². The van der Waals surface area contributed by atoms with E-state index in [9.17, 15) is 14.7 Å². The molecule has 0 saturated heterocycles. The van der Waals surface area contributed by atoms with Crippen LogP contribution in [0, 0.1) is 17.3 Å². The number of rotatable bonds is 5. The Morgan fingerprint density at radius 3 is 2.66 bits per heavy atom. The van der Waals surface area contributed by atoms with Gasteiger partial charge in [0.2, 0.25) is 6.79 Å². The van der Waals surface area contributed by atoms with E-state index >= 15 is 0 Å². The number of ether oxygens (including phenoxy) is 3. The number of benzene rings is 1. The van der Waals surface area contributed by atoms with Gasteiger partial charge in [-0.15, -0.1) is 0 Å². The molecule has 1 aromatic rings. The lowest BCUT2D eigenvalue weighted by molar-refractivity contribution is -0.179. The molecule has 2 N–H and O–H groups in total. The third-order valence-corrected chi connectivity index (χ3v) is 6.99. The summed E-state index contributed by atoms with van der Waals surface area (Å²) in [6, 6.07) is 5.13. The number of aliphatic hydroxyl groups is 1. The highest BCUT2D eigenvalue weighted by molar-refractivity contribution is 5.95. The Hall–Kier alpha value is -2.28. The lowest BCUT2D eigenvalue weighted by Crippen LogP contribution is -2.56. The molecule has 7 heteroatoms. The van der Waals surface area contributed by atoms with Gasteiger partial charge in [-0.2, -0.15) is 0 Å². The van der Waals surface area contributed by atoms with Gasteiger partial charge < -0.3 is 24.6 Å². The van der Waals surface area contributed by atoms with Gasteiger partial charge in [0, 0.05) is 11.8 Å². The van der Waals surface area contributed by atoms with Crippen LogP contribution < -0.4 is 14.8 Å². The molecule has 4 aliphatic carbocycles. The summed E-state index contributed by atoms with van der Waals surface area (Å²) in [4.78, 5) is 25.1. The average Bonchev–Trinajstić information content (AvgIpc) is 3.06. The molecular formula is C22H27NO6. The number of anilines is 1. The van der Waals surface area contributed by atoms with Crippen molar-refractivity contribution in [3.8, 4) is 11.5 Å². The summed E-state index contributed by atoms with van der Waals surface area (Å²) in [6.45, 7) is 1.74. The zero-order valence-electron chi connectivity index (χ0n) is 16.6. The summed E-state index contributed by atoms with van der Waals surface area (Å²) >= 11 is 0. The fourth-order valence-corrected chi connectivity index (χ4v) is 6.43. The number of carbonyl (C=O) groups is 2. The maximum atomic E-state index is 12.6. The predicted molar refractivity (Wildman–Crippen MR) is 103 cm³/mol. The molecule has 3 atom stereocenters. The van der Waals surface area contributed by atoms with Gasteiger partial charge in [-0.25, -0.2) is 0 Å². The fraction of sp³-hybridized carbons (Fsp3) is 0.636. The van der Waals surface area contributed by atoms with Gasteiger partial charge in [0.05, 0.1) is 12.0 Å². The van der Waals surface area contributed by atoms with Crippen molar-refractivity contribution in [3.63, 3.8) is 0 Å². The van der Waals surface area contributed by atoms with Crippen LogP contribution in [-0.4, -0.2) is 35.5 Å². The van der Waals surface area contributed by atoms with E-state index in [1.807, 2.05) is 0 Å². The molecule has 0 radical (unpaired) electrons. The Kier molecular flexibility index (Phi) is 4.28. The number of esters is 1. The Balaban J connectivity index is 1.18. The van der Waals surface area contributed by atoms with E-state index < -0.39 is 11.7 Å². The molecule has 4 bridgehead atoms. The first-order chi connectivity index (χ1) is 13.8. The Bertz CT molecular complexity index is 838. The molecule has 156 valence electrons. The smallest absolute Gasteiger partial charge is 0.307 e. The molecule has 1 heterocycles. The number of amides is 1. The summed E-state index contributed by atoms with van der Waals surface area (Å²) in [5.41, 5.74) is -0.207. The van der Waals surface area contributed by atoms with Crippen LogP contribution in [0.1, 0.15) is 51.9 Å². The molecule has 6 rings (SSSR count).